The first-order valence-corrected chi connectivity index (χ1v) is 4.79. The third-order valence-corrected chi connectivity index (χ3v) is 3.13. The van der Waals surface area contributed by atoms with Gasteiger partial charge in [0.25, 0.3) is 0 Å². The van der Waals surface area contributed by atoms with E-state index in [1.807, 2.05) is 22.6 Å². The molecule has 0 aromatic heterocycles. The van der Waals surface area contributed by atoms with Gasteiger partial charge in [0, 0.05) is 20.6 Å². The van der Waals surface area contributed by atoms with Crippen LogP contribution in [-0.4, -0.2) is 12.0 Å². The summed E-state index contributed by atoms with van der Waals surface area (Å²) in [5.74, 6) is 0.257. The second kappa shape index (κ2) is 4.14. The van der Waals surface area contributed by atoms with Gasteiger partial charge in [-0.05, 0) is 22.6 Å². The van der Waals surface area contributed by atoms with E-state index in [4.69, 9.17) is 4.74 Å². The first kappa shape index (κ1) is 10.6. The maximum Gasteiger partial charge on any atom is 0.312 e. The van der Waals surface area contributed by atoms with Crippen LogP contribution in [0.4, 0.5) is 5.69 Å². The second-order valence-corrected chi connectivity index (χ2v) is 3.88. The summed E-state index contributed by atoms with van der Waals surface area (Å²) in [5.41, 5.74) is -0.0621. The molecule has 4 nitrogen and oxygen atoms in total. The van der Waals surface area contributed by atoms with Crippen molar-refractivity contribution in [3.05, 3.63) is 25.8 Å². The van der Waals surface area contributed by atoms with Gasteiger partial charge in [-0.15, -0.1) is 12.6 Å². The van der Waals surface area contributed by atoms with E-state index < -0.39 is 4.92 Å². The molecule has 6 heteroatoms. The average molecular weight is 311 g/mol. The smallest absolute Gasteiger partial charge is 0.312 e. The Labute approximate surface area is 94.0 Å². The minimum atomic E-state index is -0.491. The summed E-state index contributed by atoms with van der Waals surface area (Å²) >= 11 is 6.12. The highest BCUT2D eigenvalue weighted by Gasteiger charge is 2.16. The number of nitrogens with zero attached hydrogens (tertiary/aromatic N) is 1. The molecule has 0 fully saturated rings. The van der Waals surface area contributed by atoms with Crippen LogP contribution in [-0.2, 0) is 0 Å². The largest absolute Gasteiger partial charge is 0.490 e. The average Bonchev–Trinajstić information content (AvgIpc) is 2.08. The molecule has 0 unspecified atom stereocenters. The lowest BCUT2D eigenvalue weighted by Gasteiger charge is -2.03. The molecule has 0 bridgehead atoms. The van der Waals surface area contributed by atoms with E-state index in [1.54, 1.807) is 6.07 Å². The standard InChI is InChI=1S/C7H6INO3S/c1-12-6-2-4(8)7(13)3-5(6)9(10)11/h2-3,13H,1H3. The fraction of sp³-hybridized carbons (Fsp3) is 0.143. The van der Waals surface area contributed by atoms with Crippen molar-refractivity contribution in [2.24, 2.45) is 0 Å². The molecule has 1 aromatic carbocycles. The molecule has 0 aliphatic heterocycles. The van der Waals surface area contributed by atoms with Crippen molar-refractivity contribution in [1.82, 2.24) is 0 Å². The molecule has 0 saturated heterocycles. The van der Waals surface area contributed by atoms with Crippen LogP contribution in [0.25, 0.3) is 0 Å². The number of hydrogen-bond acceptors (Lipinski definition) is 4. The van der Waals surface area contributed by atoms with Gasteiger partial charge in [0.2, 0.25) is 0 Å². The number of methoxy groups -OCH3 is 1. The molecule has 13 heavy (non-hydrogen) atoms. The Balaban J connectivity index is 3.33. The number of halogens is 1. The van der Waals surface area contributed by atoms with E-state index in [9.17, 15) is 10.1 Å². The maximum atomic E-state index is 10.5. The summed E-state index contributed by atoms with van der Waals surface area (Å²) < 4.78 is 5.68. The maximum absolute atomic E-state index is 10.5. The minimum Gasteiger partial charge on any atom is -0.490 e. The number of benzene rings is 1. The van der Waals surface area contributed by atoms with Crippen molar-refractivity contribution < 1.29 is 9.66 Å². The number of nitro groups is 1. The number of nitro benzene ring substituents is 1. The van der Waals surface area contributed by atoms with Crippen LogP contribution in [0.1, 0.15) is 0 Å². The summed E-state index contributed by atoms with van der Waals surface area (Å²) in [6.45, 7) is 0. The Hall–Kier alpha value is -0.500. The highest BCUT2D eigenvalue weighted by Crippen LogP contribution is 2.32. The third-order valence-electron chi connectivity index (χ3n) is 1.45. The fourth-order valence-corrected chi connectivity index (χ4v) is 1.46. The summed E-state index contributed by atoms with van der Waals surface area (Å²) in [6, 6.07) is 2.96. The molecule has 0 aliphatic carbocycles. The number of ether oxygens (including phenoxy) is 1. The predicted octanol–water partition coefficient (Wildman–Crippen LogP) is 2.50. The Morgan fingerprint density at radius 2 is 2.23 bits per heavy atom. The van der Waals surface area contributed by atoms with Crippen LogP contribution < -0.4 is 4.74 Å². The van der Waals surface area contributed by atoms with E-state index in [1.165, 1.54) is 13.2 Å². The van der Waals surface area contributed by atoms with E-state index in [2.05, 4.69) is 12.6 Å². The number of thiol groups is 1. The van der Waals surface area contributed by atoms with Crippen molar-refractivity contribution in [2.45, 2.75) is 4.90 Å². The van der Waals surface area contributed by atoms with Gasteiger partial charge < -0.3 is 4.74 Å². The molecular formula is C7H6INO3S. The zero-order valence-electron chi connectivity index (χ0n) is 6.65. The Kier molecular flexibility index (Phi) is 3.37. The van der Waals surface area contributed by atoms with Crippen molar-refractivity contribution in [3.8, 4) is 5.75 Å². The molecule has 0 radical (unpaired) electrons. The summed E-state index contributed by atoms with van der Waals surface area (Å²) in [6.07, 6.45) is 0. The molecular weight excluding hydrogens is 305 g/mol. The molecule has 0 heterocycles. The second-order valence-electron chi connectivity index (χ2n) is 2.23. The monoisotopic (exact) mass is 311 g/mol. The van der Waals surface area contributed by atoms with Crippen LogP contribution in [0.3, 0.4) is 0 Å². The first-order chi connectivity index (χ1) is 6.06. The third kappa shape index (κ3) is 2.25. The molecule has 1 aromatic rings. The molecule has 0 aliphatic rings. The lowest BCUT2D eigenvalue weighted by Crippen LogP contribution is -1.94. The highest BCUT2D eigenvalue weighted by molar-refractivity contribution is 14.1. The van der Waals surface area contributed by atoms with Crippen molar-refractivity contribution in [1.29, 1.82) is 0 Å². The van der Waals surface area contributed by atoms with Gasteiger partial charge in [-0.2, -0.15) is 0 Å². The molecule has 0 atom stereocenters. The van der Waals surface area contributed by atoms with E-state index in [0.29, 0.717) is 4.90 Å². The van der Waals surface area contributed by atoms with Crippen molar-refractivity contribution in [2.75, 3.05) is 7.11 Å². The van der Waals surface area contributed by atoms with Crippen LogP contribution in [0.5, 0.6) is 5.75 Å². The lowest BCUT2D eigenvalue weighted by atomic mass is 10.3. The number of hydrogen-bond donors (Lipinski definition) is 1. The Bertz CT molecular complexity index is 356. The number of rotatable bonds is 2. The fourth-order valence-electron chi connectivity index (χ4n) is 0.839. The minimum absolute atomic E-state index is 0.0621. The van der Waals surface area contributed by atoms with E-state index in [0.717, 1.165) is 3.57 Å². The van der Waals surface area contributed by atoms with Gasteiger partial charge in [-0.3, -0.25) is 10.1 Å². The van der Waals surface area contributed by atoms with Gasteiger partial charge in [0.05, 0.1) is 12.0 Å². The summed E-state index contributed by atoms with van der Waals surface area (Å²) in [5, 5.41) is 10.5. The lowest BCUT2D eigenvalue weighted by molar-refractivity contribution is -0.386. The van der Waals surface area contributed by atoms with E-state index in [-0.39, 0.29) is 11.4 Å². The van der Waals surface area contributed by atoms with Gasteiger partial charge in [0.15, 0.2) is 5.75 Å². The van der Waals surface area contributed by atoms with Crippen molar-refractivity contribution >= 4 is 40.9 Å². The predicted molar refractivity (Wildman–Crippen MR) is 59.6 cm³/mol. The highest BCUT2D eigenvalue weighted by atomic mass is 127. The summed E-state index contributed by atoms with van der Waals surface area (Å²) in [4.78, 5) is 10.6. The molecule has 0 N–H and O–H groups in total. The first-order valence-electron chi connectivity index (χ1n) is 3.27. The van der Waals surface area contributed by atoms with Crippen LogP contribution in [0.2, 0.25) is 0 Å². The topological polar surface area (TPSA) is 52.4 Å². The van der Waals surface area contributed by atoms with Gasteiger partial charge >= 0.3 is 5.69 Å². The zero-order chi connectivity index (χ0) is 10.0. The van der Waals surface area contributed by atoms with Gasteiger partial charge in [-0.1, -0.05) is 0 Å². The molecule has 0 spiro atoms. The Morgan fingerprint density at radius 1 is 1.62 bits per heavy atom. The van der Waals surface area contributed by atoms with Gasteiger partial charge in [0.1, 0.15) is 0 Å². The molecule has 0 amide bonds. The van der Waals surface area contributed by atoms with Crippen LogP contribution in [0, 0.1) is 13.7 Å². The normalized spacial score (nSPS) is 9.77. The quantitative estimate of drug-likeness (QED) is 0.395. The van der Waals surface area contributed by atoms with Crippen LogP contribution >= 0.6 is 35.2 Å². The SMILES string of the molecule is COc1cc(I)c(S)cc1[N+](=O)[O-]. The Morgan fingerprint density at radius 3 is 2.69 bits per heavy atom. The molecule has 70 valence electrons. The van der Waals surface area contributed by atoms with Gasteiger partial charge in [-0.25, -0.2) is 0 Å². The zero-order valence-corrected chi connectivity index (χ0v) is 9.70. The molecule has 1 rings (SSSR count). The molecule has 0 saturated carbocycles. The van der Waals surface area contributed by atoms with Crippen molar-refractivity contribution in [3.63, 3.8) is 0 Å². The van der Waals surface area contributed by atoms with E-state index >= 15 is 0 Å². The van der Waals surface area contributed by atoms with Crippen LogP contribution in [0.15, 0.2) is 17.0 Å². The summed E-state index contributed by atoms with van der Waals surface area (Å²) in [7, 11) is 1.40.